The molecule has 0 aromatic carbocycles. The third-order valence-corrected chi connectivity index (χ3v) is 3.84. The van der Waals surface area contributed by atoms with Crippen molar-refractivity contribution in [3.63, 3.8) is 0 Å². The van der Waals surface area contributed by atoms with Gasteiger partial charge in [-0.3, -0.25) is 4.79 Å². The number of aryl methyl sites for hydroxylation is 2. The zero-order chi connectivity index (χ0) is 11.4. The molecule has 3 heteroatoms. The number of carbonyl (C=O) groups excluding carboxylic acids is 1. The van der Waals surface area contributed by atoms with Gasteiger partial charge in [0.15, 0.2) is 0 Å². The number of amides is 1. The normalized spacial score (nSPS) is 10.7. The van der Waals surface area contributed by atoms with Gasteiger partial charge >= 0.3 is 0 Å². The van der Waals surface area contributed by atoms with E-state index in [4.69, 9.17) is 0 Å². The van der Waals surface area contributed by atoms with E-state index in [0.717, 1.165) is 17.8 Å². The zero-order valence-electron chi connectivity index (χ0n) is 9.89. The molecule has 0 saturated heterocycles. The number of hydrogen-bond acceptors (Lipinski definition) is 2. The van der Waals surface area contributed by atoms with Gasteiger partial charge in [0.2, 0.25) is 5.91 Å². The maximum Gasteiger partial charge on any atom is 0.228 e. The molecule has 0 spiro atoms. The van der Waals surface area contributed by atoms with E-state index in [0.29, 0.717) is 0 Å². The van der Waals surface area contributed by atoms with E-state index in [1.54, 1.807) is 11.3 Å². The summed E-state index contributed by atoms with van der Waals surface area (Å²) in [5, 5.41) is 3.96. The second-order valence-electron chi connectivity index (χ2n) is 3.85. The van der Waals surface area contributed by atoms with Crippen molar-refractivity contribution in [2.24, 2.45) is 5.92 Å². The summed E-state index contributed by atoms with van der Waals surface area (Å²) in [7, 11) is 0. The first-order chi connectivity index (χ1) is 7.08. The van der Waals surface area contributed by atoms with Gasteiger partial charge in [-0.1, -0.05) is 13.8 Å². The highest BCUT2D eigenvalue weighted by Crippen LogP contribution is 2.26. The Morgan fingerprint density at radius 1 is 1.40 bits per heavy atom. The number of nitrogens with one attached hydrogen (secondary N) is 1. The van der Waals surface area contributed by atoms with Gasteiger partial charge in [0.05, 0.1) is 5.00 Å². The van der Waals surface area contributed by atoms with E-state index in [2.05, 4.69) is 33.0 Å². The molecule has 0 saturated carbocycles. The van der Waals surface area contributed by atoms with Crippen molar-refractivity contribution in [2.45, 2.75) is 40.5 Å². The van der Waals surface area contributed by atoms with E-state index >= 15 is 0 Å². The first-order valence-electron chi connectivity index (χ1n) is 5.46. The fourth-order valence-electron chi connectivity index (χ4n) is 1.52. The molecular formula is C12H19NOS. The van der Waals surface area contributed by atoms with Crippen molar-refractivity contribution >= 4 is 22.2 Å². The molecule has 0 bridgehead atoms. The van der Waals surface area contributed by atoms with Crippen LogP contribution >= 0.6 is 11.3 Å². The van der Waals surface area contributed by atoms with Crippen LogP contribution in [0, 0.1) is 19.8 Å². The van der Waals surface area contributed by atoms with E-state index in [-0.39, 0.29) is 11.8 Å². The van der Waals surface area contributed by atoms with Crippen LogP contribution < -0.4 is 5.32 Å². The molecule has 2 nitrogen and oxygen atoms in total. The molecular weight excluding hydrogens is 206 g/mol. The minimum absolute atomic E-state index is 0.146. The lowest BCUT2D eigenvalue weighted by Gasteiger charge is -2.10. The molecule has 1 rings (SSSR count). The number of anilines is 1. The van der Waals surface area contributed by atoms with Gasteiger partial charge in [-0.15, -0.1) is 11.3 Å². The van der Waals surface area contributed by atoms with Crippen LogP contribution in [0.4, 0.5) is 5.00 Å². The number of rotatable bonds is 4. The molecule has 1 aromatic heterocycles. The Morgan fingerprint density at radius 2 is 2.00 bits per heavy atom. The largest absolute Gasteiger partial charge is 0.317 e. The molecule has 0 unspecified atom stereocenters. The Hall–Kier alpha value is -0.830. The first-order valence-corrected chi connectivity index (χ1v) is 6.28. The predicted octanol–water partition coefficient (Wildman–Crippen LogP) is 3.74. The highest BCUT2D eigenvalue weighted by molar-refractivity contribution is 7.16. The Labute approximate surface area is 95.7 Å². The van der Waals surface area contributed by atoms with Crippen molar-refractivity contribution in [3.8, 4) is 0 Å². The summed E-state index contributed by atoms with van der Waals surface area (Å²) in [5.74, 6) is 0.300. The Balaban J connectivity index is 2.65. The molecule has 1 amide bonds. The predicted molar refractivity (Wildman–Crippen MR) is 66.5 cm³/mol. The van der Waals surface area contributed by atoms with Crippen LogP contribution in [0.1, 0.15) is 37.1 Å². The molecule has 0 radical (unpaired) electrons. The van der Waals surface area contributed by atoms with Gasteiger partial charge in [-0.05, 0) is 38.3 Å². The molecule has 1 heterocycles. The number of carbonyl (C=O) groups is 1. The lowest BCUT2D eigenvalue weighted by atomic mass is 10.0. The minimum Gasteiger partial charge on any atom is -0.317 e. The Morgan fingerprint density at radius 3 is 2.40 bits per heavy atom. The Kier molecular flexibility index (Phi) is 4.33. The van der Waals surface area contributed by atoms with Crippen LogP contribution in [0.5, 0.6) is 0 Å². The van der Waals surface area contributed by atoms with Gasteiger partial charge in [0.25, 0.3) is 0 Å². The summed E-state index contributed by atoms with van der Waals surface area (Å²) >= 11 is 1.65. The van der Waals surface area contributed by atoms with Crippen LogP contribution in [-0.4, -0.2) is 5.91 Å². The van der Waals surface area contributed by atoms with E-state index in [9.17, 15) is 4.79 Å². The molecule has 1 N–H and O–H groups in total. The van der Waals surface area contributed by atoms with Crippen molar-refractivity contribution < 1.29 is 4.79 Å². The second kappa shape index (κ2) is 5.31. The maximum atomic E-state index is 11.8. The molecule has 15 heavy (non-hydrogen) atoms. The fourth-order valence-corrected chi connectivity index (χ4v) is 2.45. The number of thiophene rings is 1. The topological polar surface area (TPSA) is 29.1 Å². The summed E-state index contributed by atoms with van der Waals surface area (Å²) < 4.78 is 0. The van der Waals surface area contributed by atoms with Crippen LogP contribution in [0.15, 0.2) is 6.07 Å². The molecule has 84 valence electrons. The SMILES string of the molecule is CCC(CC)C(=O)Nc1cc(C)c(C)s1. The van der Waals surface area contributed by atoms with Crippen molar-refractivity contribution in [1.82, 2.24) is 0 Å². The van der Waals surface area contributed by atoms with Crippen molar-refractivity contribution in [2.75, 3.05) is 5.32 Å². The van der Waals surface area contributed by atoms with Crippen molar-refractivity contribution in [1.29, 1.82) is 0 Å². The maximum absolute atomic E-state index is 11.8. The zero-order valence-corrected chi connectivity index (χ0v) is 10.7. The molecule has 0 aliphatic heterocycles. The summed E-state index contributed by atoms with van der Waals surface area (Å²) in [6, 6.07) is 2.04. The smallest absolute Gasteiger partial charge is 0.228 e. The standard InChI is InChI=1S/C12H19NOS/c1-5-10(6-2)12(14)13-11-7-8(3)9(4)15-11/h7,10H,5-6H2,1-4H3,(H,13,14). The molecule has 0 atom stereocenters. The van der Waals surface area contributed by atoms with Crippen LogP contribution in [0.3, 0.4) is 0 Å². The Bertz CT molecular complexity index is 320. The van der Waals surface area contributed by atoms with Gasteiger partial charge in [-0.25, -0.2) is 0 Å². The van der Waals surface area contributed by atoms with Crippen LogP contribution in [0.25, 0.3) is 0 Å². The third-order valence-electron chi connectivity index (χ3n) is 2.77. The number of hydrogen-bond donors (Lipinski definition) is 1. The molecule has 0 aliphatic carbocycles. The second-order valence-corrected chi connectivity index (χ2v) is 5.11. The monoisotopic (exact) mass is 225 g/mol. The van der Waals surface area contributed by atoms with Gasteiger partial charge in [0, 0.05) is 10.8 Å². The minimum atomic E-state index is 0.146. The molecule has 0 fully saturated rings. The van der Waals surface area contributed by atoms with Gasteiger partial charge in [0.1, 0.15) is 0 Å². The molecule has 0 aliphatic rings. The summed E-state index contributed by atoms with van der Waals surface area (Å²) in [6.07, 6.45) is 1.82. The van der Waals surface area contributed by atoms with E-state index in [1.165, 1.54) is 10.4 Å². The quantitative estimate of drug-likeness (QED) is 0.831. The first kappa shape index (κ1) is 12.2. The lowest BCUT2D eigenvalue weighted by molar-refractivity contribution is -0.120. The van der Waals surface area contributed by atoms with E-state index < -0.39 is 0 Å². The fraction of sp³-hybridized carbons (Fsp3) is 0.583. The van der Waals surface area contributed by atoms with Crippen LogP contribution in [0.2, 0.25) is 0 Å². The highest BCUT2D eigenvalue weighted by atomic mass is 32.1. The lowest BCUT2D eigenvalue weighted by Crippen LogP contribution is -2.20. The molecule has 1 aromatic rings. The van der Waals surface area contributed by atoms with Gasteiger partial charge in [-0.2, -0.15) is 0 Å². The third kappa shape index (κ3) is 3.06. The average molecular weight is 225 g/mol. The van der Waals surface area contributed by atoms with Crippen LogP contribution in [-0.2, 0) is 4.79 Å². The summed E-state index contributed by atoms with van der Waals surface area (Å²) in [6.45, 7) is 8.25. The van der Waals surface area contributed by atoms with E-state index in [1.807, 2.05) is 6.07 Å². The highest BCUT2D eigenvalue weighted by Gasteiger charge is 2.15. The van der Waals surface area contributed by atoms with Gasteiger partial charge < -0.3 is 5.32 Å². The van der Waals surface area contributed by atoms with Crippen molar-refractivity contribution in [3.05, 3.63) is 16.5 Å². The summed E-state index contributed by atoms with van der Waals surface area (Å²) in [5.41, 5.74) is 1.25. The summed E-state index contributed by atoms with van der Waals surface area (Å²) in [4.78, 5) is 13.1. The average Bonchev–Trinajstić information content (AvgIpc) is 2.47.